The quantitative estimate of drug-likeness (QED) is 0.317. The summed E-state index contributed by atoms with van der Waals surface area (Å²) >= 11 is 0. The van der Waals surface area contributed by atoms with Gasteiger partial charge >= 0.3 is 0 Å². The Kier molecular flexibility index (Phi) is 6.03. The molecule has 0 fully saturated rings. The van der Waals surface area contributed by atoms with E-state index in [1.54, 1.807) is 0 Å². The minimum atomic E-state index is -0.897. The van der Waals surface area contributed by atoms with Gasteiger partial charge in [0.25, 0.3) is 0 Å². The van der Waals surface area contributed by atoms with Crippen LogP contribution in [0.25, 0.3) is 0 Å². The molecule has 0 amide bonds. The van der Waals surface area contributed by atoms with Crippen molar-refractivity contribution in [2.75, 3.05) is 0 Å². The van der Waals surface area contributed by atoms with Crippen LogP contribution in [0.4, 0.5) is 4.39 Å². The van der Waals surface area contributed by atoms with Crippen LogP contribution in [-0.4, -0.2) is 12.5 Å². The first-order valence-electron chi connectivity index (χ1n) is 3.51. The molecule has 2 heteroatoms. The van der Waals surface area contributed by atoms with Crippen molar-refractivity contribution in [3.8, 4) is 0 Å². The SMILES string of the molecule is C=C[C@@H](F)CCCCC=O. The molecule has 0 aromatic heterocycles. The second kappa shape index (κ2) is 6.46. The Bertz CT molecular complexity index is 101. The topological polar surface area (TPSA) is 17.1 Å². The molecule has 1 atom stereocenters. The van der Waals surface area contributed by atoms with E-state index in [2.05, 4.69) is 6.58 Å². The average Bonchev–Trinajstić information content (AvgIpc) is 1.98. The first kappa shape index (κ1) is 9.34. The van der Waals surface area contributed by atoms with Crippen molar-refractivity contribution in [2.24, 2.45) is 0 Å². The molecule has 0 unspecified atom stereocenters. The highest BCUT2D eigenvalue weighted by Gasteiger charge is 1.98. The lowest BCUT2D eigenvalue weighted by molar-refractivity contribution is -0.107. The minimum absolute atomic E-state index is 0.497. The molecule has 0 radical (unpaired) electrons. The predicted octanol–water partition coefficient (Wildman–Crippen LogP) is 2.27. The lowest BCUT2D eigenvalue weighted by atomic mass is 10.1. The van der Waals surface area contributed by atoms with Crippen LogP contribution in [0.2, 0.25) is 0 Å². The number of carbonyl (C=O) groups is 1. The van der Waals surface area contributed by atoms with Gasteiger partial charge in [-0.2, -0.15) is 0 Å². The maximum absolute atomic E-state index is 12.4. The van der Waals surface area contributed by atoms with Gasteiger partial charge in [-0.25, -0.2) is 4.39 Å². The summed E-state index contributed by atoms with van der Waals surface area (Å²) in [4.78, 5) is 9.81. The molecule has 0 bridgehead atoms. The van der Waals surface area contributed by atoms with Crippen molar-refractivity contribution in [1.29, 1.82) is 0 Å². The van der Waals surface area contributed by atoms with Crippen molar-refractivity contribution >= 4 is 6.29 Å². The summed E-state index contributed by atoms with van der Waals surface area (Å²) in [6.07, 6.45) is 3.86. The summed E-state index contributed by atoms with van der Waals surface area (Å²) < 4.78 is 12.4. The molecule has 0 aromatic rings. The third-order valence-corrected chi connectivity index (χ3v) is 1.31. The number of alkyl halides is 1. The van der Waals surface area contributed by atoms with Gasteiger partial charge in [-0.3, -0.25) is 0 Å². The first-order valence-corrected chi connectivity index (χ1v) is 3.51. The fourth-order valence-electron chi connectivity index (χ4n) is 0.685. The third kappa shape index (κ3) is 5.48. The average molecular weight is 144 g/mol. The van der Waals surface area contributed by atoms with E-state index in [9.17, 15) is 9.18 Å². The standard InChI is InChI=1S/C8H13FO/c1-2-8(9)6-4-3-5-7-10/h2,7-8H,1,3-6H2/t8-/m1/s1. The van der Waals surface area contributed by atoms with Crippen LogP contribution in [0, 0.1) is 0 Å². The Morgan fingerprint density at radius 1 is 1.50 bits per heavy atom. The lowest BCUT2D eigenvalue weighted by Gasteiger charge is -1.98. The molecule has 0 aromatic carbocycles. The van der Waals surface area contributed by atoms with E-state index in [1.807, 2.05) is 0 Å². The van der Waals surface area contributed by atoms with Gasteiger partial charge < -0.3 is 4.79 Å². The fraction of sp³-hybridized carbons (Fsp3) is 0.625. The van der Waals surface area contributed by atoms with Crippen LogP contribution in [0.5, 0.6) is 0 Å². The van der Waals surface area contributed by atoms with E-state index < -0.39 is 6.17 Å². The van der Waals surface area contributed by atoms with Crippen molar-refractivity contribution < 1.29 is 9.18 Å². The maximum atomic E-state index is 12.4. The number of halogens is 1. The smallest absolute Gasteiger partial charge is 0.119 e. The highest BCUT2D eigenvalue weighted by Crippen LogP contribution is 2.05. The summed E-state index contributed by atoms with van der Waals surface area (Å²) in [5.41, 5.74) is 0. The number of rotatable bonds is 6. The Labute approximate surface area is 60.9 Å². The number of carbonyl (C=O) groups excluding carboxylic acids is 1. The summed E-state index contributed by atoms with van der Waals surface area (Å²) in [5.74, 6) is 0. The highest BCUT2D eigenvalue weighted by molar-refractivity contribution is 5.48. The predicted molar refractivity (Wildman–Crippen MR) is 39.6 cm³/mol. The summed E-state index contributed by atoms with van der Waals surface area (Å²) in [6, 6.07) is 0. The number of aldehydes is 1. The Morgan fingerprint density at radius 2 is 2.20 bits per heavy atom. The zero-order chi connectivity index (χ0) is 7.82. The summed E-state index contributed by atoms with van der Waals surface area (Å²) in [7, 11) is 0. The normalized spacial score (nSPS) is 12.5. The molecule has 0 rings (SSSR count). The van der Waals surface area contributed by atoms with Gasteiger partial charge in [0.2, 0.25) is 0 Å². The van der Waals surface area contributed by atoms with E-state index >= 15 is 0 Å². The minimum Gasteiger partial charge on any atom is -0.303 e. The van der Waals surface area contributed by atoms with Crippen molar-refractivity contribution in [2.45, 2.75) is 31.9 Å². The largest absolute Gasteiger partial charge is 0.303 e. The Hall–Kier alpha value is -0.660. The monoisotopic (exact) mass is 144 g/mol. The van der Waals surface area contributed by atoms with Crippen LogP contribution in [0.1, 0.15) is 25.7 Å². The van der Waals surface area contributed by atoms with Gasteiger partial charge in [0.05, 0.1) is 0 Å². The summed E-state index contributed by atoms with van der Waals surface area (Å²) in [6.45, 7) is 3.31. The van der Waals surface area contributed by atoms with Crippen molar-refractivity contribution in [3.05, 3.63) is 12.7 Å². The van der Waals surface area contributed by atoms with Crippen LogP contribution in [-0.2, 0) is 4.79 Å². The molecule has 0 saturated heterocycles. The molecular formula is C8H13FO. The van der Waals surface area contributed by atoms with Crippen molar-refractivity contribution in [1.82, 2.24) is 0 Å². The number of unbranched alkanes of at least 4 members (excludes halogenated alkanes) is 2. The van der Waals surface area contributed by atoms with Gasteiger partial charge in [0.15, 0.2) is 0 Å². The fourth-order valence-corrected chi connectivity index (χ4v) is 0.685. The molecule has 10 heavy (non-hydrogen) atoms. The molecule has 0 spiro atoms. The summed E-state index contributed by atoms with van der Waals surface area (Å²) in [5, 5.41) is 0. The molecule has 0 aliphatic heterocycles. The number of hydrogen-bond acceptors (Lipinski definition) is 1. The third-order valence-electron chi connectivity index (χ3n) is 1.31. The first-order chi connectivity index (χ1) is 4.81. The van der Waals surface area contributed by atoms with Crippen LogP contribution in [0.15, 0.2) is 12.7 Å². The van der Waals surface area contributed by atoms with E-state index in [0.29, 0.717) is 12.8 Å². The molecule has 0 N–H and O–H groups in total. The van der Waals surface area contributed by atoms with Crippen LogP contribution >= 0.6 is 0 Å². The Balaban J connectivity index is 3.02. The van der Waals surface area contributed by atoms with Crippen LogP contribution in [0.3, 0.4) is 0 Å². The van der Waals surface area contributed by atoms with Crippen LogP contribution < -0.4 is 0 Å². The second-order valence-electron chi connectivity index (χ2n) is 2.20. The van der Waals surface area contributed by atoms with Crippen molar-refractivity contribution in [3.63, 3.8) is 0 Å². The van der Waals surface area contributed by atoms with Gasteiger partial charge in [0.1, 0.15) is 12.5 Å². The number of hydrogen-bond donors (Lipinski definition) is 0. The second-order valence-corrected chi connectivity index (χ2v) is 2.20. The molecule has 0 heterocycles. The molecule has 0 aliphatic rings. The molecule has 0 aliphatic carbocycles. The van der Waals surface area contributed by atoms with Gasteiger partial charge in [0, 0.05) is 6.42 Å². The zero-order valence-corrected chi connectivity index (χ0v) is 6.05. The van der Waals surface area contributed by atoms with Gasteiger partial charge in [-0.05, 0) is 19.3 Å². The van der Waals surface area contributed by atoms with E-state index in [1.165, 1.54) is 6.08 Å². The molecule has 1 nitrogen and oxygen atoms in total. The highest BCUT2D eigenvalue weighted by atomic mass is 19.1. The Morgan fingerprint density at radius 3 is 2.70 bits per heavy atom. The molecular weight excluding hydrogens is 131 g/mol. The van der Waals surface area contributed by atoms with E-state index in [0.717, 1.165) is 19.1 Å². The number of allylic oxidation sites excluding steroid dienone is 1. The van der Waals surface area contributed by atoms with E-state index in [4.69, 9.17) is 0 Å². The lowest BCUT2D eigenvalue weighted by Crippen LogP contribution is -1.93. The molecule has 0 saturated carbocycles. The zero-order valence-electron chi connectivity index (χ0n) is 6.05. The van der Waals surface area contributed by atoms with Gasteiger partial charge in [-0.1, -0.05) is 6.08 Å². The van der Waals surface area contributed by atoms with E-state index in [-0.39, 0.29) is 0 Å². The maximum Gasteiger partial charge on any atom is 0.119 e. The van der Waals surface area contributed by atoms with Gasteiger partial charge in [-0.15, -0.1) is 6.58 Å². The molecule has 58 valence electrons.